The summed E-state index contributed by atoms with van der Waals surface area (Å²) in [5.74, 6) is 0. The summed E-state index contributed by atoms with van der Waals surface area (Å²) in [5.41, 5.74) is 3.87. The van der Waals surface area contributed by atoms with Crippen LogP contribution in [0.4, 0.5) is 0 Å². The molecule has 1 aromatic rings. The fraction of sp³-hybridized carbons (Fsp3) is 0.636. The number of rotatable bonds is 4. The van der Waals surface area contributed by atoms with E-state index in [0.717, 1.165) is 0 Å². The molecule has 0 amide bonds. The summed E-state index contributed by atoms with van der Waals surface area (Å²) < 4.78 is 0. The van der Waals surface area contributed by atoms with Crippen LogP contribution < -0.4 is 0 Å². The van der Waals surface area contributed by atoms with Crippen LogP contribution in [0.5, 0.6) is 0 Å². The zero-order chi connectivity index (χ0) is 17.8. The minimum Gasteiger partial charge on any atom is -0.0985 e. The Morgan fingerprint density at radius 2 is 0.957 bits per heavy atom. The molecule has 0 nitrogen and oxygen atoms in total. The molecule has 134 valence electrons. The Bertz CT molecular complexity index is 293. The number of hydrogen-bond donors (Lipinski definition) is 0. The van der Waals surface area contributed by atoms with Crippen molar-refractivity contribution in [2.45, 2.75) is 93.9 Å². The van der Waals surface area contributed by atoms with E-state index in [0.29, 0.717) is 0 Å². The van der Waals surface area contributed by atoms with Gasteiger partial charge in [-0.25, -0.2) is 0 Å². The smallest absolute Gasteiger partial charge is 0 e. The molecule has 0 saturated heterocycles. The van der Waals surface area contributed by atoms with Gasteiger partial charge in [0.2, 0.25) is 0 Å². The van der Waals surface area contributed by atoms with Gasteiger partial charge in [-0.05, 0) is 30.5 Å². The average Bonchev–Trinajstić information content (AvgIpc) is 2.55. The van der Waals surface area contributed by atoms with Crippen molar-refractivity contribution < 1.29 is 0 Å². The van der Waals surface area contributed by atoms with Gasteiger partial charge in [-0.2, -0.15) is 0 Å². The van der Waals surface area contributed by atoms with Crippen molar-refractivity contribution in [1.82, 2.24) is 0 Å². The molecule has 0 aliphatic carbocycles. The Kier molecular flexibility index (Phi) is 35.5. The largest absolute Gasteiger partial charge is 0.0985 e. The Hall–Kier alpha value is -0.241. The van der Waals surface area contributed by atoms with Crippen molar-refractivity contribution in [3.8, 4) is 0 Å². The molecule has 0 spiro atoms. The second-order valence-corrected chi connectivity index (χ2v) is 5.51. The van der Waals surface area contributed by atoms with Gasteiger partial charge >= 0.3 is 0 Å². The van der Waals surface area contributed by atoms with Crippen molar-refractivity contribution in [3.63, 3.8) is 0 Å². The molecule has 1 rings (SSSR count). The van der Waals surface area contributed by atoms with E-state index in [4.69, 9.17) is 0 Å². The van der Waals surface area contributed by atoms with Crippen molar-refractivity contribution in [1.29, 1.82) is 0 Å². The summed E-state index contributed by atoms with van der Waals surface area (Å²) in [5, 5.41) is 0. The van der Waals surface area contributed by atoms with Gasteiger partial charge in [0.25, 0.3) is 0 Å². The topological polar surface area (TPSA) is 0 Å². The SMILES string of the molecule is C=Cc1c(C)cccc1C.CCCC.CCCC.CCCC.[Sn]. The summed E-state index contributed by atoms with van der Waals surface area (Å²) in [6, 6.07) is 6.27. The van der Waals surface area contributed by atoms with Crippen LogP contribution in [-0.4, -0.2) is 23.9 Å². The normalized spacial score (nSPS) is 8.00. The van der Waals surface area contributed by atoms with Crippen LogP contribution in [-0.2, 0) is 0 Å². The maximum Gasteiger partial charge on any atom is 0 e. The number of aryl methyl sites for hydroxylation is 2. The first-order chi connectivity index (χ1) is 10.5. The average molecular weight is 425 g/mol. The second kappa shape index (κ2) is 26.6. The predicted octanol–water partition coefficient (Wildman–Crippen LogP) is 7.98. The molecule has 0 saturated carbocycles. The molecule has 1 aromatic carbocycles. The zero-order valence-electron chi connectivity index (χ0n) is 17.3. The number of benzene rings is 1. The summed E-state index contributed by atoms with van der Waals surface area (Å²) >= 11 is 0. The molecule has 0 heterocycles. The van der Waals surface area contributed by atoms with Crippen LogP contribution in [0.15, 0.2) is 24.8 Å². The molecular weight excluding hydrogens is 383 g/mol. The van der Waals surface area contributed by atoms with E-state index in [1.807, 2.05) is 6.08 Å². The third-order valence-electron chi connectivity index (χ3n) is 3.25. The predicted molar refractivity (Wildman–Crippen MR) is 114 cm³/mol. The van der Waals surface area contributed by atoms with E-state index in [2.05, 4.69) is 80.2 Å². The van der Waals surface area contributed by atoms with Crippen molar-refractivity contribution in [3.05, 3.63) is 41.5 Å². The number of unbranched alkanes of at least 4 members (excludes halogenated alkanes) is 3. The van der Waals surface area contributed by atoms with Gasteiger partial charge in [0.05, 0.1) is 0 Å². The molecule has 0 aliphatic heterocycles. The summed E-state index contributed by atoms with van der Waals surface area (Å²) in [6.45, 7) is 21.0. The fourth-order valence-corrected chi connectivity index (χ4v) is 1.15. The molecular formula is C22H42Sn. The molecule has 1 heteroatoms. The van der Waals surface area contributed by atoms with Crippen LogP contribution in [0, 0.1) is 13.8 Å². The second-order valence-electron chi connectivity index (χ2n) is 5.51. The first-order valence-electron chi connectivity index (χ1n) is 9.18. The zero-order valence-corrected chi connectivity index (χ0v) is 20.1. The van der Waals surface area contributed by atoms with E-state index >= 15 is 0 Å². The van der Waals surface area contributed by atoms with Crippen LogP contribution in [0.3, 0.4) is 0 Å². The standard InChI is InChI=1S/C10H12.3C4H10.Sn/c1-4-10-8(2)6-5-7-9(10)3;3*1-3-4-2;/h4-7H,1H2,2-3H3;3*3-4H2,1-2H3;. The maximum atomic E-state index is 3.75. The first kappa shape index (κ1) is 30.6. The molecule has 0 N–H and O–H groups in total. The van der Waals surface area contributed by atoms with E-state index < -0.39 is 0 Å². The van der Waals surface area contributed by atoms with Crippen molar-refractivity contribution in [2.75, 3.05) is 0 Å². The summed E-state index contributed by atoms with van der Waals surface area (Å²) in [4.78, 5) is 0. The van der Waals surface area contributed by atoms with Crippen LogP contribution in [0.25, 0.3) is 6.08 Å². The Balaban J connectivity index is -0.000000118. The van der Waals surface area contributed by atoms with Gasteiger partial charge < -0.3 is 0 Å². The maximum absolute atomic E-state index is 3.75. The van der Waals surface area contributed by atoms with Gasteiger partial charge in [0, 0.05) is 23.9 Å². The molecule has 4 radical (unpaired) electrons. The molecule has 0 aromatic heterocycles. The molecule has 0 atom stereocenters. The Labute approximate surface area is 165 Å². The van der Waals surface area contributed by atoms with Crippen LogP contribution in [0.1, 0.15) is 96.8 Å². The number of hydrogen-bond acceptors (Lipinski definition) is 0. The minimum absolute atomic E-state index is 0. The van der Waals surface area contributed by atoms with Crippen molar-refractivity contribution >= 4 is 30.0 Å². The van der Waals surface area contributed by atoms with E-state index in [9.17, 15) is 0 Å². The van der Waals surface area contributed by atoms with Gasteiger partial charge in [0.15, 0.2) is 0 Å². The molecule has 0 bridgehead atoms. The van der Waals surface area contributed by atoms with Gasteiger partial charge in [-0.1, -0.05) is 111 Å². The fourth-order valence-electron chi connectivity index (χ4n) is 1.15. The molecule has 23 heavy (non-hydrogen) atoms. The molecule has 0 unspecified atom stereocenters. The first-order valence-corrected chi connectivity index (χ1v) is 9.18. The van der Waals surface area contributed by atoms with Crippen LogP contribution in [0.2, 0.25) is 0 Å². The monoisotopic (exact) mass is 426 g/mol. The van der Waals surface area contributed by atoms with Crippen LogP contribution >= 0.6 is 0 Å². The Morgan fingerprint density at radius 3 is 1.09 bits per heavy atom. The molecule has 0 fully saturated rings. The van der Waals surface area contributed by atoms with E-state index in [1.54, 1.807) is 0 Å². The Morgan fingerprint density at radius 1 is 0.696 bits per heavy atom. The summed E-state index contributed by atoms with van der Waals surface area (Å²) in [6.07, 6.45) is 9.82. The van der Waals surface area contributed by atoms with Gasteiger partial charge in [-0.15, -0.1) is 0 Å². The van der Waals surface area contributed by atoms with Gasteiger partial charge in [-0.3, -0.25) is 0 Å². The van der Waals surface area contributed by atoms with Gasteiger partial charge in [0.1, 0.15) is 0 Å². The quantitative estimate of drug-likeness (QED) is 0.429. The third-order valence-corrected chi connectivity index (χ3v) is 3.25. The minimum atomic E-state index is 0. The molecule has 0 aliphatic rings. The van der Waals surface area contributed by atoms with E-state index in [1.165, 1.54) is 55.2 Å². The van der Waals surface area contributed by atoms with Crippen molar-refractivity contribution in [2.24, 2.45) is 0 Å². The van der Waals surface area contributed by atoms with E-state index in [-0.39, 0.29) is 23.9 Å². The third kappa shape index (κ3) is 24.1. The summed E-state index contributed by atoms with van der Waals surface area (Å²) in [7, 11) is 0.